The van der Waals surface area contributed by atoms with Crippen LogP contribution in [0.1, 0.15) is 5.56 Å². The smallest absolute Gasteiger partial charge is 0.387 e. The number of nitrogens with one attached hydrogen (secondary N) is 1. The van der Waals surface area contributed by atoms with Gasteiger partial charge in [0.1, 0.15) is 0 Å². The van der Waals surface area contributed by atoms with Gasteiger partial charge in [-0.05, 0) is 35.9 Å². The van der Waals surface area contributed by atoms with Crippen molar-refractivity contribution in [1.82, 2.24) is 4.98 Å². The molecule has 0 saturated heterocycles. The molecule has 1 aromatic heterocycles. The Morgan fingerprint density at radius 1 is 1.22 bits per heavy atom. The highest BCUT2D eigenvalue weighted by atomic mass is 19.3. The fourth-order valence-electron chi connectivity index (χ4n) is 1.77. The Kier molecular flexibility index (Phi) is 5.62. The second-order valence-corrected chi connectivity index (χ2v) is 4.35. The zero-order valence-electron chi connectivity index (χ0n) is 12.2. The summed E-state index contributed by atoms with van der Waals surface area (Å²) in [5.74, 6) is -0.413. The number of anilines is 1. The van der Waals surface area contributed by atoms with Crippen LogP contribution in [0.2, 0.25) is 0 Å². The standard InChI is InChI=1S/C16H14F2N2O3/c1-22-13-4-3-12(10-14(13)23-16(17)18)20-15(21)5-2-11-6-8-19-9-7-11/h2-10,16H,1H3,(H,20,21)/b5-2+. The Bertz CT molecular complexity index is 691. The van der Waals surface area contributed by atoms with Crippen LogP contribution in [0.4, 0.5) is 14.5 Å². The predicted molar refractivity (Wildman–Crippen MR) is 81.5 cm³/mol. The molecule has 0 unspecified atom stereocenters. The van der Waals surface area contributed by atoms with E-state index >= 15 is 0 Å². The molecule has 0 aliphatic heterocycles. The summed E-state index contributed by atoms with van der Waals surface area (Å²) < 4.78 is 34.0. The number of hydrogen-bond acceptors (Lipinski definition) is 4. The number of halogens is 2. The van der Waals surface area contributed by atoms with E-state index in [4.69, 9.17) is 4.74 Å². The molecule has 0 fully saturated rings. The molecule has 5 nitrogen and oxygen atoms in total. The number of carbonyl (C=O) groups excluding carboxylic acids is 1. The number of ether oxygens (including phenoxy) is 2. The van der Waals surface area contributed by atoms with E-state index in [2.05, 4.69) is 15.0 Å². The molecule has 0 saturated carbocycles. The van der Waals surface area contributed by atoms with Crippen LogP contribution >= 0.6 is 0 Å². The van der Waals surface area contributed by atoms with Crippen molar-refractivity contribution in [3.05, 3.63) is 54.4 Å². The summed E-state index contributed by atoms with van der Waals surface area (Å²) in [5.41, 5.74) is 1.12. The van der Waals surface area contributed by atoms with Crippen LogP contribution < -0.4 is 14.8 Å². The van der Waals surface area contributed by atoms with Crippen molar-refractivity contribution < 1.29 is 23.0 Å². The molecule has 1 aromatic carbocycles. The number of benzene rings is 1. The van der Waals surface area contributed by atoms with E-state index in [9.17, 15) is 13.6 Å². The highest BCUT2D eigenvalue weighted by molar-refractivity contribution is 6.02. The summed E-state index contributed by atoms with van der Waals surface area (Å²) in [4.78, 5) is 15.7. The topological polar surface area (TPSA) is 60.5 Å². The Morgan fingerprint density at radius 3 is 2.61 bits per heavy atom. The number of carbonyl (C=O) groups is 1. The SMILES string of the molecule is COc1ccc(NC(=O)/C=C/c2ccncc2)cc1OC(F)F. The first-order chi connectivity index (χ1) is 11.1. The highest BCUT2D eigenvalue weighted by Crippen LogP contribution is 2.31. The number of aromatic nitrogens is 1. The molecule has 1 amide bonds. The van der Waals surface area contributed by atoms with Gasteiger partial charge < -0.3 is 14.8 Å². The Labute approximate surface area is 131 Å². The number of rotatable bonds is 6. The van der Waals surface area contributed by atoms with Crippen LogP contribution in [0.25, 0.3) is 6.08 Å². The average Bonchev–Trinajstić information content (AvgIpc) is 2.54. The third-order valence-corrected chi connectivity index (χ3v) is 2.78. The van der Waals surface area contributed by atoms with Crippen molar-refractivity contribution in [1.29, 1.82) is 0 Å². The van der Waals surface area contributed by atoms with E-state index in [1.807, 2.05) is 0 Å². The fourth-order valence-corrected chi connectivity index (χ4v) is 1.77. The maximum atomic E-state index is 12.4. The van der Waals surface area contributed by atoms with Gasteiger partial charge in [0.2, 0.25) is 5.91 Å². The molecule has 1 heterocycles. The lowest BCUT2D eigenvalue weighted by atomic mass is 10.2. The lowest BCUT2D eigenvalue weighted by molar-refractivity contribution is -0.111. The van der Waals surface area contributed by atoms with Crippen molar-refractivity contribution in [2.75, 3.05) is 12.4 Å². The molecular formula is C16H14F2N2O3. The molecule has 0 spiro atoms. The van der Waals surface area contributed by atoms with Crippen molar-refractivity contribution in [3.8, 4) is 11.5 Å². The second-order valence-electron chi connectivity index (χ2n) is 4.35. The number of amides is 1. The molecule has 1 N–H and O–H groups in total. The first-order valence-corrected chi connectivity index (χ1v) is 6.60. The third kappa shape index (κ3) is 5.06. The molecule has 0 bridgehead atoms. The van der Waals surface area contributed by atoms with Gasteiger partial charge in [-0.3, -0.25) is 9.78 Å². The van der Waals surface area contributed by atoms with Crippen molar-refractivity contribution in [2.45, 2.75) is 6.61 Å². The van der Waals surface area contributed by atoms with Crippen molar-refractivity contribution in [3.63, 3.8) is 0 Å². The van der Waals surface area contributed by atoms with Crippen LogP contribution in [0.15, 0.2) is 48.8 Å². The number of pyridine rings is 1. The van der Waals surface area contributed by atoms with E-state index in [1.54, 1.807) is 30.6 Å². The molecule has 0 aliphatic carbocycles. The molecule has 0 aliphatic rings. The Morgan fingerprint density at radius 2 is 1.96 bits per heavy atom. The zero-order chi connectivity index (χ0) is 16.7. The van der Waals surface area contributed by atoms with Crippen LogP contribution in [0.3, 0.4) is 0 Å². The van der Waals surface area contributed by atoms with Gasteiger partial charge in [-0.15, -0.1) is 0 Å². The number of alkyl halides is 2. The summed E-state index contributed by atoms with van der Waals surface area (Å²) in [6.07, 6.45) is 6.15. The van der Waals surface area contributed by atoms with E-state index in [-0.39, 0.29) is 11.5 Å². The lowest BCUT2D eigenvalue weighted by Crippen LogP contribution is -2.09. The van der Waals surface area contributed by atoms with Gasteiger partial charge >= 0.3 is 6.61 Å². The van der Waals surface area contributed by atoms with Crippen LogP contribution in [0.5, 0.6) is 11.5 Å². The van der Waals surface area contributed by atoms with Gasteiger partial charge in [0.05, 0.1) is 7.11 Å². The molecule has 2 rings (SSSR count). The zero-order valence-corrected chi connectivity index (χ0v) is 12.2. The summed E-state index contributed by atoms with van der Waals surface area (Å²) in [5, 5.41) is 2.56. The monoisotopic (exact) mass is 320 g/mol. The molecule has 0 radical (unpaired) electrons. The third-order valence-electron chi connectivity index (χ3n) is 2.78. The summed E-state index contributed by atoms with van der Waals surface area (Å²) in [6.45, 7) is -2.98. The number of hydrogen-bond donors (Lipinski definition) is 1. The summed E-state index contributed by atoms with van der Waals surface area (Å²) >= 11 is 0. The quantitative estimate of drug-likeness (QED) is 0.829. The minimum atomic E-state index is -2.98. The van der Waals surface area contributed by atoms with E-state index in [0.717, 1.165) is 5.56 Å². The summed E-state index contributed by atoms with van der Waals surface area (Å²) in [7, 11) is 1.34. The molecule has 2 aromatic rings. The van der Waals surface area contributed by atoms with Gasteiger partial charge in [0.15, 0.2) is 11.5 Å². The molecule has 23 heavy (non-hydrogen) atoms. The molecule has 7 heteroatoms. The van der Waals surface area contributed by atoms with E-state index in [0.29, 0.717) is 5.69 Å². The van der Waals surface area contributed by atoms with Crippen LogP contribution in [0, 0.1) is 0 Å². The van der Waals surface area contributed by atoms with E-state index in [1.165, 1.54) is 31.4 Å². The number of nitrogens with zero attached hydrogens (tertiary/aromatic N) is 1. The van der Waals surface area contributed by atoms with Crippen LogP contribution in [-0.2, 0) is 4.79 Å². The van der Waals surface area contributed by atoms with Gasteiger partial charge in [0, 0.05) is 30.2 Å². The number of methoxy groups -OCH3 is 1. The normalized spacial score (nSPS) is 10.8. The van der Waals surface area contributed by atoms with Gasteiger partial charge in [-0.1, -0.05) is 0 Å². The van der Waals surface area contributed by atoms with Crippen molar-refractivity contribution >= 4 is 17.7 Å². The highest BCUT2D eigenvalue weighted by Gasteiger charge is 2.11. The predicted octanol–water partition coefficient (Wildman–Crippen LogP) is 3.34. The second kappa shape index (κ2) is 7.88. The summed E-state index contributed by atoms with van der Waals surface area (Å²) in [6, 6.07) is 7.70. The minimum Gasteiger partial charge on any atom is -0.493 e. The fraction of sp³-hybridized carbons (Fsp3) is 0.125. The van der Waals surface area contributed by atoms with E-state index < -0.39 is 12.5 Å². The Hall–Kier alpha value is -2.96. The maximum absolute atomic E-state index is 12.4. The van der Waals surface area contributed by atoms with Crippen LogP contribution in [-0.4, -0.2) is 24.6 Å². The van der Waals surface area contributed by atoms with Crippen molar-refractivity contribution in [2.24, 2.45) is 0 Å². The Balaban J connectivity index is 2.07. The first kappa shape index (κ1) is 16.4. The van der Waals surface area contributed by atoms with Gasteiger partial charge in [0.25, 0.3) is 0 Å². The molecular weight excluding hydrogens is 306 g/mol. The first-order valence-electron chi connectivity index (χ1n) is 6.60. The minimum absolute atomic E-state index is 0.149. The largest absolute Gasteiger partial charge is 0.493 e. The van der Waals surface area contributed by atoms with Gasteiger partial charge in [-0.2, -0.15) is 8.78 Å². The lowest BCUT2D eigenvalue weighted by Gasteiger charge is -2.11. The maximum Gasteiger partial charge on any atom is 0.387 e. The molecule has 0 atom stereocenters. The molecule has 120 valence electrons. The average molecular weight is 320 g/mol. The van der Waals surface area contributed by atoms with Gasteiger partial charge in [-0.25, -0.2) is 0 Å².